The number of ketones is 1. The Morgan fingerprint density at radius 2 is 1.95 bits per heavy atom. The smallest absolute Gasteiger partial charge is 0.143 e. The average molecular weight is 261 g/mol. The molecular formula is C16H23NO2. The molecule has 3 nitrogen and oxygen atoms in total. The van der Waals surface area contributed by atoms with Crippen LogP contribution in [0.1, 0.15) is 51.5 Å². The predicted molar refractivity (Wildman–Crippen MR) is 76.1 cm³/mol. The van der Waals surface area contributed by atoms with E-state index in [4.69, 9.17) is 5.73 Å². The topological polar surface area (TPSA) is 63.3 Å². The van der Waals surface area contributed by atoms with Crippen LogP contribution in [0.2, 0.25) is 0 Å². The molecule has 0 saturated heterocycles. The van der Waals surface area contributed by atoms with Crippen LogP contribution < -0.4 is 5.73 Å². The molecule has 0 unspecified atom stereocenters. The zero-order valence-corrected chi connectivity index (χ0v) is 11.8. The van der Waals surface area contributed by atoms with Crippen LogP contribution in [0.4, 0.5) is 0 Å². The van der Waals surface area contributed by atoms with Crippen molar-refractivity contribution in [2.75, 3.05) is 0 Å². The molecule has 1 fully saturated rings. The number of phenolic OH excluding ortho intramolecular Hbond substituents is 1. The maximum absolute atomic E-state index is 12.5. The molecule has 0 heterocycles. The van der Waals surface area contributed by atoms with Gasteiger partial charge in [-0.05, 0) is 50.3 Å². The van der Waals surface area contributed by atoms with E-state index in [9.17, 15) is 9.90 Å². The number of rotatable bonds is 3. The summed E-state index contributed by atoms with van der Waals surface area (Å²) in [6.45, 7) is 3.96. The number of aromatic hydroxyl groups is 1. The maximum Gasteiger partial charge on any atom is 0.143 e. The standard InChI is InChI=1S/C16H23NO2/c1-3-14(19)16(9-7-15(2,17)8-10-16)12-5-4-6-13(18)11-12/h4-6,11,18H,3,7-10,17H2,1-2H3. The maximum atomic E-state index is 12.5. The summed E-state index contributed by atoms with van der Waals surface area (Å²) in [5.41, 5.74) is 6.50. The van der Waals surface area contributed by atoms with Crippen LogP contribution >= 0.6 is 0 Å². The minimum atomic E-state index is -0.452. The normalized spacial score (nSPS) is 31.1. The van der Waals surface area contributed by atoms with Crippen LogP contribution in [0.5, 0.6) is 5.75 Å². The lowest BCUT2D eigenvalue weighted by molar-refractivity contribution is -0.126. The highest BCUT2D eigenvalue weighted by Gasteiger charge is 2.44. The Kier molecular flexibility index (Phi) is 3.68. The fourth-order valence-electron chi connectivity index (χ4n) is 3.12. The van der Waals surface area contributed by atoms with Gasteiger partial charge in [0.25, 0.3) is 0 Å². The molecule has 19 heavy (non-hydrogen) atoms. The Hall–Kier alpha value is -1.35. The predicted octanol–water partition coefficient (Wildman–Crippen LogP) is 2.90. The summed E-state index contributed by atoms with van der Waals surface area (Å²) < 4.78 is 0. The molecule has 0 atom stereocenters. The van der Waals surface area contributed by atoms with Gasteiger partial charge in [-0.2, -0.15) is 0 Å². The van der Waals surface area contributed by atoms with Crippen molar-refractivity contribution in [1.29, 1.82) is 0 Å². The zero-order valence-electron chi connectivity index (χ0n) is 11.8. The van der Waals surface area contributed by atoms with Gasteiger partial charge < -0.3 is 10.8 Å². The van der Waals surface area contributed by atoms with E-state index in [1.165, 1.54) is 0 Å². The summed E-state index contributed by atoms with van der Waals surface area (Å²) in [4.78, 5) is 12.5. The van der Waals surface area contributed by atoms with Crippen molar-refractivity contribution in [3.63, 3.8) is 0 Å². The summed E-state index contributed by atoms with van der Waals surface area (Å²) in [5, 5.41) is 9.68. The second-order valence-corrected chi connectivity index (χ2v) is 6.06. The first kappa shape index (κ1) is 14.1. The Balaban J connectivity index is 2.40. The van der Waals surface area contributed by atoms with Gasteiger partial charge in [0.05, 0.1) is 5.41 Å². The Bertz CT molecular complexity index is 469. The Morgan fingerprint density at radius 1 is 1.32 bits per heavy atom. The molecule has 3 N–H and O–H groups in total. The van der Waals surface area contributed by atoms with Gasteiger partial charge in [0.1, 0.15) is 11.5 Å². The van der Waals surface area contributed by atoms with E-state index in [2.05, 4.69) is 6.92 Å². The second-order valence-electron chi connectivity index (χ2n) is 6.06. The van der Waals surface area contributed by atoms with Gasteiger partial charge in [0.2, 0.25) is 0 Å². The zero-order chi connectivity index (χ0) is 14.1. The summed E-state index contributed by atoms with van der Waals surface area (Å²) in [6.07, 6.45) is 3.76. The van der Waals surface area contributed by atoms with E-state index in [0.717, 1.165) is 31.2 Å². The molecule has 0 bridgehead atoms. The van der Waals surface area contributed by atoms with Crippen molar-refractivity contribution in [1.82, 2.24) is 0 Å². The molecule has 3 heteroatoms. The summed E-state index contributed by atoms with van der Waals surface area (Å²) in [7, 11) is 0. The van der Waals surface area contributed by atoms with E-state index < -0.39 is 5.41 Å². The number of benzene rings is 1. The molecule has 0 radical (unpaired) electrons. The number of carbonyl (C=O) groups is 1. The van der Waals surface area contributed by atoms with Gasteiger partial charge in [-0.3, -0.25) is 4.79 Å². The van der Waals surface area contributed by atoms with E-state index in [0.29, 0.717) is 6.42 Å². The highest BCUT2D eigenvalue weighted by atomic mass is 16.3. The van der Waals surface area contributed by atoms with E-state index >= 15 is 0 Å². The lowest BCUT2D eigenvalue weighted by atomic mass is 9.62. The van der Waals surface area contributed by atoms with E-state index in [-0.39, 0.29) is 17.1 Å². The Morgan fingerprint density at radius 3 is 2.47 bits per heavy atom. The van der Waals surface area contributed by atoms with Crippen LogP contribution in [0.15, 0.2) is 24.3 Å². The molecular weight excluding hydrogens is 238 g/mol. The minimum Gasteiger partial charge on any atom is -0.508 e. The van der Waals surface area contributed by atoms with Gasteiger partial charge in [-0.15, -0.1) is 0 Å². The Labute approximate surface area is 114 Å². The molecule has 1 aromatic rings. The third-order valence-electron chi connectivity index (χ3n) is 4.50. The molecule has 0 spiro atoms. The minimum absolute atomic E-state index is 0.172. The van der Waals surface area contributed by atoms with Gasteiger partial charge in [-0.25, -0.2) is 0 Å². The molecule has 2 rings (SSSR count). The molecule has 0 aliphatic heterocycles. The van der Waals surface area contributed by atoms with E-state index in [1.54, 1.807) is 12.1 Å². The van der Waals surface area contributed by atoms with Crippen molar-refractivity contribution in [2.24, 2.45) is 5.73 Å². The molecule has 0 aromatic heterocycles. The molecule has 1 aliphatic carbocycles. The van der Waals surface area contributed by atoms with Gasteiger partial charge in [-0.1, -0.05) is 19.1 Å². The first-order valence-corrected chi connectivity index (χ1v) is 7.01. The van der Waals surface area contributed by atoms with E-state index in [1.807, 2.05) is 19.1 Å². The van der Waals surface area contributed by atoms with Crippen LogP contribution in [0.25, 0.3) is 0 Å². The van der Waals surface area contributed by atoms with Gasteiger partial charge in [0, 0.05) is 12.0 Å². The van der Waals surface area contributed by atoms with Crippen LogP contribution in [0.3, 0.4) is 0 Å². The summed E-state index contributed by atoms with van der Waals surface area (Å²) in [5.74, 6) is 0.482. The third-order valence-corrected chi connectivity index (χ3v) is 4.50. The summed E-state index contributed by atoms with van der Waals surface area (Å²) in [6, 6.07) is 7.13. The SMILES string of the molecule is CCC(=O)C1(c2cccc(O)c2)CCC(C)(N)CC1. The number of hydrogen-bond acceptors (Lipinski definition) is 3. The average Bonchev–Trinajstić information content (AvgIpc) is 2.38. The second kappa shape index (κ2) is 4.97. The number of hydrogen-bond donors (Lipinski definition) is 2. The molecule has 104 valence electrons. The van der Waals surface area contributed by atoms with Crippen molar-refractivity contribution >= 4 is 5.78 Å². The van der Waals surface area contributed by atoms with Crippen molar-refractivity contribution in [3.8, 4) is 5.75 Å². The van der Waals surface area contributed by atoms with Crippen molar-refractivity contribution in [3.05, 3.63) is 29.8 Å². The summed E-state index contributed by atoms with van der Waals surface area (Å²) >= 11 is 0. The van der Waals surface area contributed by atoms with Crippen molar-refractivity contribution in [2.45, 2.75) is 56.9 Å². The van der Waals surface area contributed by atoms with Crippen molar-refractivity contribution < 1.29 is 9.90 Å². The lowest BCUT2D eigenvalue weighted by Crippen LogP contribution is -2.48. The first-order chi connectivity index (χ1) is 8.89. The number of carbonyl (C=O) groups excluding carboxylic acids is 1. The first-order valence-electron chi connectivity index (χ1n) is 7.01. The van der Waals surface area contributed by atoms with Crippen LogP contribution in [-0.4, -0.2) is 16.4 Å². The quantitative estimate of drug-likeness (QED) is 0.879. The van der Waals surface area contributed by atoms with Gasteiger partial charge >= 0.3 is 0 Å². The van der Waals surface area contributed by atoms with Gasteiger partial charge in [0.15, 0.2) is 0 Å². The molecule has 1 saturated carbocycles. The highest BCUT2D eigenvalue weighted by molar-refractivity contribution is 5.90. The lowest BCUT2D eigenvalue weighted by Gasteiger charge is -2.42. The van der Waals surface area contributed by atoms with Crippen LogP contribution in [-0.2, 0) is 10.2 Å². The fourth-order valence-corrected chi connectivity index (χ4v) is 3.12. The number of Topliss-reactive ketones (excluding diaryl/α,β-unsaturated/α-hetero) is 1. The largest absolute Gasteiger partial charge is 0.508 e. The highest BCUT2D eigenvalue weighted by Crippen LogP contribution is 2.44. The molecule has 1 aliphatic rings. The fraction of sp³-hybridized carbons (Fsp3) is 0.562. The molecule has 1 aromatic carbocycles. The number of phenols is 1. The van der Waals surface area contributed by atoms with Crippen LogP contribution in [0, 0.1) is 0 Å². The third kappa shape index (κ3) is 2.66. The monoisotopic (exact) mass is 261 g/mol. The molecule has 0 amide bonds. The number of nitrogens with two attached hydrogens (primary N) is 1.